The lowest BCUT2D eigenvalue weighted by Gasteiger charge is -1.99. The summed E-state index contributed by atoms with van der Waals surface area (Å²) in [5, 5.41) is 0. The van der Waals surface area contributed by atoms with Crippen LogP contribution in [0.3, 0.4) is 0 Å². The molecule has 0 atom stereocenters. The Morgan fingerprint density at radius 1 is 1.31 bits per heavy atom. The number of hydrogen-bond acceptors (Lipinski definition) is 2. The fourth-order valence-corrected chi connectivity index (χ4v) is 1.57. The third-order valence-corrected chi connectivity index (χ3v) is 2.28. The zero-order chi connectivity index (χ0) is 9.10. The minimum atomic E-state index is 0.167. The molecule has 0 bridgehead atoms. The molecule has 0 radical (unpaired) electrons. The number of hydrogen-bond donors (Lipinski definition) is 0. The number of Topliss-reactive ketones (excluding diaryl/α,β-unsaturated/α-hetero) is 1. The summed E-state index contributed by atoms with van der Waals surface area (Å²) >= 11 is 0. The van der Waals surface area contributed by atoms with Gasteiger partial charge in [-0.2, -0.15) is 0 Å². The summed E-state index contributed by atoms with van der Waals surface area (Å²) in [5.41, 5.74) is 1.72. The lowest BCUT2D eigenvalue weighted by molar-refractivity contribution is 0.103. The van der Waals surface area contributed by atoms with Crippen molar-refractivity contribution in [2.45, 2.75) is 19.3 Å². The standard InChI is InChI=1S/C11H11NO/c13-11(9-3-1-2-4-9)10-5-7-12-8-6-10/h3,5-8H,1-2,4H2. The number of carbonyl (C=O) groups is 1. The summed E-state index contributed by atoms with van der Waals surface area (Å²) in [6.07, 6.45) is 8.45. The van der Waals surface area contributed by atoms with Gasteiger partial charge in [-0.15, -0.1) is 0 Å². The number of rotatable bonds is 2. The van der Waals surface area contributed by atoms with E-state index in [0.29, 0.717) is 0 Å². The third-order valence-electron chi connectivity index (χ3n) is 2.28. The van der Waals surface area contributed by atoms with Crippen LogP contribution in [0.4, 0.5) is 0 Å². The van der Waals surface area contributed by atoms with E-state index in [9.17, 15) is 4.79 Å². The molecular weight excluding hydrogens is 162 g/mol. The second kappa shape index (κ2) is 3.52. The second-order valence-corrected chi connectivity index (χ2v) is 3.19. The molecule has 0 aliphatic heterocycles. The molecule has 1 aliphatic carbocycles. The Labute approximate surface area is 77.3 Å². The maximum absolute atomic E-state index is 11.8. The number of allylic oxidation sites excluding steroid dienone is 2. The first kappa shape index (κ1) is 8.17. The Morgan fingerprint density at radius 3 is 2.69 bits per heavy atom. The zero-order valence-electron chi connectivity index (χ0n) is 7.36. The largest absolute Gasteiger partial charge is 0.289 e. The lowest BCUT2D eigenvalue weighted by atomic mass is 10.0. The predicted octanol–water partition coefficient (Wildman–Crippen LogP) is 2.37. The van der Waals surface area contributed by atoms with E-state index in [1.54, 1.807) is 24.5 Å². The molecule has 66 valence electrons. The van der Waals surface area contributed by atoms with E-state index >= 15 is 0 Å². The van der Waals surface area contributed by atoms with E-state index in [0.717, 1.165) is 30.4 Å². The van der Waals surface area contributed by atoms with Gasteiger partial charge >= 0.3 is 0 Å². The van der Waals surface area contributed by atoms with E-state index in [4.69, 9.17) is 0 Å². The Morgan fingerprint density at radius 2 is 2.08 bits per heavy atom. The van der Waals surface area contributed by atoms with Crippen LogP contribution in [-0.2, 0) is 0 Å². The first-order valence-corrected chi connectivity index (χ1v) is 4.52. The van der Waals surface area contributed by atoms with E-state index in [1.807, 2.05) is 6.08 Å². The second-order valence-electron chi connectivity index (χ2n) is 3.19. The quantitative estimate of drug-likeness (QED) is 0.643. The molecule has 2 heteroatoms. The molecule has 2 nitrogen and oxygen atoms in total. The Bertz CT molecular complexity index is 340. The van der Waals surface area contributed by atoms with Crippen molar-refractivity contribution in [3.05, 3.63) is 41.7 Å². The summed E-state index contributed by atoms with van der Waals surface area (Å²) in [6.45, 7) is 0. The molecule has 0 saturated carbocycles. The van der Waals surface area contributed by atoms with E-state index in [2.05, 4.69) is 4.98 Å². The minimum absolute atomic E-state index is 0.167. The van der Waals surface area contributed by atoms with Crippen LogP contribution in [0.15, 0.2) is 36.2 Å². The van der Waals surface area contributed by atoms with E-state index in [-0.39, 0.29) is 5.78 Å². The number of pyridine rings is 1. The molecule has 0 amide bonds. The Hall–Kier alpha value is -1.44. The molecule has 0 spiro atoms. The highest BCUT2D eigenvalue weighted by molar-refractivity contribution is 6.08. The molecule has 0 saturated heterocycles. The highest BCUT2D eigenvalue weighted by Gasteiger charge is 2.14. The molecule has 0 unspecified atom stereocenters. The van der Waals surface area contributed by atoms with Crippen molar-refractivity contribution in [3.63, 3.8) is 0 Å². The molecule has 0 aromatic carbocycles. The van der Waals surface area contributed by atoms with Crippen molar-refractivity contribution in [1.82, 2.24) is 4.98 Å². The smallest absolute Gasteiger partial charge is 0.188 e. The van der Waals surface area contributed by atoms with Crippen LogP contribution in [0.25, 0.3) is 0 Å². The molecule has 1 aliphatic rings. The van der Waals surface area contributed by atoms with Crippen molar-refractivity contribution in [2.24, 2.45) is 0 Å². The van der Waals surface area contributed by atoms with Gasteiger partial charge in [0.05, 0.1) is 0 Å². The zero-order valence-corrected chi connectivity index (χ0v) is 7.36. The highest BCUT2D eigenvalue weighted by atomic mass is 16.1. The van der Waals surface area contributed by atoms with E-state index in [1.165, 1.54) is 0 Å². The van der Waals surface area contributed by atoms with Gasteiger partial charge in [-0.25, -0.2) is 0 Å². The summed E-state index contributed by atoms with van der Waals surface area (Å²) in [5.74, 6) is 0.167. The van der Waals surface area contributed by atoms with Crippen LogP contribution < -0.4 is 0 Å². The maximum atomic E-state index is 11.8. The van der Waals surface area contributed by atoms with Crippen molar-refractivity contribution >= 4 is 5.78 Å². The van der Waals surface area contributed by atoms with Gasteiger partial charge in [-0.3, -0.25) is 9.78 Å². The van der Waals surface area contributed by atoms with Crippen molar-refractivity contribution in [2.75, 3.05) is 0 Å². The maximum Gasteiger partial charge on any atom is 0.188 e. The van der Waals surface area contributed by atoms with Crippen LogP contribution in [0.2, 0.25) is 0 Å². The summed E-state index contributed by atoms with van der Waals surface area (Å²) in [7, 11) is 0. The van der Waals surface area contributed by atoms with Crippen LogP contribution >= 0.6 is 0 Å². The van der Waals surface area contributed by atoms with Gasteiger partial charge < -0.3 is 0 Å². The number of nitrogens with zero attached hydrogens (tertiary/aromatic N) is 1. The van der Waals surface area contributed by atoms with Gasteiger partial charge in [0.25, 0.3) is 0 Å². The van der Waals surface area contributed by atoms with Crippen molar-refractivity contribution in [1.29, 1.82) is 0 Å². The van der Waals surface area contributed by atoms with Gasteiger partial charge in [0, 0.05) is 18.0 Å². The molecule has 1 aromatic rings. The minimum Gasteiger partial charge on any atom is -0.289 e. The summed E-state index contributed by atoms with van der Waals surface area (Å²) in [6, 6.07) is 3.53. The fourth-order valence-electron chi connectivity index (χ4n) is 1.57. The van der Waals surface area contributed by atoms with Crippen LogP contribution in [-0.4, -0.2) is 10.8 Å². The molecule has 13 heavy (non-hydrogen) atoms. The lowest BCUT2D eigenvalue weighted by Crippen LogP contribution is -2.00. The topological polar surface area (TPSA) is 30.0 Å². The van der Waals surface area contributed by atoms with Crippen molar-refractivity contribution < 1.29 is 4.79 Å². The average molecular weight is 173 g/mol. The third kappa shape index (κ3) is 1.66. The molecule has 1 heterocycles. The Balaban J connectivity index is 2.23. The molecule has 0 N–H and O–H groups in total. The van der Waals surface area contributed by atoms with Gasteiger partial charge in [-0.1, -0.05) is 6.08 Å². The first-order chi connectivity index (χ1) is 6.38. The van der Waals surface area contributed by atoms with Crippen LogP contribution in [0, 0.1) is 0 Å². The molecular formula is C11H11NO. The predicted molar refractivity (Wildman–Crippen MR) is 50.5 cm³/mol. The summed E-state index contributed by atoms with van der Waals surface area (Å²) in [4.78, 5) is 15.6. The van der Waals surface area contributed by atoms with Gasteiger partial charge in [0.15, 0.2) is 5.78 Å². The first-order valence-electron chi connectivity index (χ1n) is 4.52. The van der Waals surface area contributed by atoms with Crippen LogP contribution in [0.5, 0.6) is 0 Å². The monoisotopic (exact) mass is 173 g/mol. The fraction of sp³-hybridized carbons (Fsp3) is 0.273. The summed E-state index contributed by atoms with van der Waals surface area (Å²) < 4.78 is 0. The van der Waals surface area contributed by atoms with Gasteiger partial charge in [-0.05, 0) is 37.0 Å². The van der Waals surface area contributed by atoms with Crippen molar-refractivity contribution in [3.8, 4) is 0 Å². The number of carbonyl (C=O) groups excluding carboxylic acids is 1. The molecule has 0 fully saturated rings. The SMILES string of the molecule is O=C(C1=CCCC1)c1ccncc1. The molecule has 2 rings (SSSR count). The van der Waals surface area contributed by atoms with Crippen LogP contribution in [0.1, 0.15) is 29.6 Å². The van der Waals surface area contributed by atoms with E-state index < -0.39 is 0 Å². The Kier molecular flexibility index (Phi) is 2.21. The number of ketones is 1. The number of aromatic nitrogens is 1. The average Bonchev–Trinajstić information content (AvgIpc) is 2.71. The van der Waals surface area contributed by atoms with Gasteiger partial charge in [0.1, 0.15) is 0 Å². The highest BCUT2D eigenvalue weighted by Crippen LogP contribution is 2.21. The molecule has 1 aromatic heterocycles. The van der Waals surface area contributed by atoms with Gasteiger partial charge in [0.2, 0.25) is 0 Å². The normalized spacial score (nSPS) is 15.5.